The lowest BCUT2D eigenvalue weighted by Gasteiger charge is -2.25. The van der Waals surface area contributed by atoms with Crippen molar-refractivity contribution in [3.05, 3.63) is 0 Å². The highest BCUT2D eigenvalue weighted by molar-refractivity contribution is 5.82. The van der Waals surface area contributed by atoms with Crippen molar-refractivity contribution in [2.24, 2.45) is 17.3 Å². The van der Waals surface area contributed by atoms with Gasteiger partial charge in [-0.3, -0.25) is 4.79 Å². The molecule has 0 aromatic heterocycles. The molecule has 0 bridgehead atoms. The summed E-state index contributed by atoms with van der Waals surface area (Å²) in [6.45, 7) is 5.10. The van der Waals surface area contributed by atoms with E-state index >= 15 is 0 Å². The Labute approximate surface area is 97.6 Å². The molecule has 2 N–H and O–H groups in total. The van der Waals surface area contributed by atoms with Crippen LogP contribution in [0.1, 0.15) is 46.0 Å². The van der Waals surface area contributed by atoms with E-state index in [2.05, 4.69) is 19.2 Å². The molecular weight excluding hydrogens is 202 g/mol. The van der Waals surface area contributed by atoms with Gasteiger partial charge in [-0.05, 0) is 43.4 Å². The van der Waals surface area contributed by atoms with Gasteiger partial charge in [0.2, 0.25) is 5.91 Å². The van der Waals surface area contributed by atoms with Gasteiger partial charge in [0.25, 0.3) is 0 Å². The molecule has 2 saturated carbocycles. The molecule has 0 saturated heterocycles. The van der Waals surface area contributed by atoms with Crippen LogP contribution in [0.2, 0.25) is 0 Å². The standard InChI is InChI=1S/C13H23NO2/c1-13(2)7-11(13)12(16)14-8-9-3-5-10(15)6-4-9/h9-11,15H,3-8H2,1-2H3,(H,14,16). The van der Waals surface area contributed by atoms with E-state index < -0.39 is 0 Å². The third-order valence-corrected chi connectivity index (χ3v) is 4.21. The summed E-state index contributed by atoms with van der Waals surface area (Å²) >= 11 is 0. The van der Waals surface area contributed by atoms with Gasteiger partial charge in [0.1, 0.15) is 0 Å². The van der Waals surface area contributed by atoms with E-state index in [1.165, 1.54) is 0 Å². The molecule has 2 rings (SSSR count). The summed E-state index contributed by atoms with van der Waals surface area (Å²) < 4.78 is 0. The smallest absolute Gasteiger partial charge is 0.223 e. The normalized spacial score (nSPS) is 36.8. The minimum absolute atomic E-state index is 0.102. The van der Waals surface area contributed by atoms with Gasteiger partial charge in [-0.1, -0.05) is 13.8 Å². The van der Waals surface area contributed by atoms with E-state index in [4.69, 9.17) is 0 Å². The number of rotatable bonds is 3. The van der Waals surface area contributed by atoms with Gasteiger partial charge in [-0.2, -0.15) is 0 Å². The number of aliphatic hydroxyl groups excluding tert-OH is 1. The number of hydrogen-bond donors (Lipinski definition) is 2. The number of carbonyl (C=O) groups is 1. The minimum atomic E-state index is -0.102. The fourth-order valence-corrected chi connectivity index (χ4v) is 2.63. The van der Waals surface area contributed by atoms with Gasteiger partial charge in [0.05, 0.1) is 6.10 Å². The quantitative estimate of drug-likeness (QED) is 0.768. The Kier molecular flexibility index (Phi) is 3.24. The third kappa shape index (κ3) is 2.76. The number of carbonyl (C=O) groups excluding carboxylic acids is 1. The van der Waals surface area contributed by atoms with Crippen LogP contribution in [0.25, 0.3) is 0 Å². The van der Waals surface area contributed by atoms with Crippen LogP contribution in [0.4, 0.5) is 0 Å². The lowest BCUT2D eigenvalue weighted by molar-refractivity contribution is -0.123. The summed E-state index contributed by atoms with van der Waals surface area (Å²) in [6, 6.07) is 0. The third-order valence-electron chi connectivity index (χ3n) is 4.21. The average Bonchev–Trinajstić information content (AvgIpc) is 2.87. The largest absolute Gasteiger partial charge is 0.393 e. The summed E-state index contributed by atoms with van der Waals surface area (Å²) in [5.41, 5.74) is 0.229. The van der Waals surface area contributed by atoms with E-state index in [1.54, 1.807) is 0 Å². The fourth-order valence-electron chi connectivity index (χ4n) is 2.63. The van der Waals surface area contributed by atoms with Crippen molar-refractivity contribution in [3.63, 3.8) is 0 Å². The van der Waals surface area contributed by atoms with Crippen LogP contribution in [-0.4, -0.2) is 23.7 Å². The molecule has 1 unspecified atom stereocenters. The van der Waals surface area contributed by atoms with Crippen molar-refractivity contribution >= 4 is 5.91 Å². The number of hydrogen-bond acceptors (Lipinski definition) is 2. The highest BCUT2D eigenvalue weighted by Gasteiger charge is 2.50. The zero-order valence-electron chi connectivity index (χ0n) is 10.3. The summed E-state index contributed by atoms with van der Waals surface area (Å²) in [4.78, 5) is 11.8. The van der Waals surface area contributed by atoms with Gasteiger partial charge in [-0.25, -0.2) is 0 Å². The van der Waals surface area contributed by atoms with Crippen molar-refractivity contribution in [2.75, 3.05) is 6.54 Å². The maximum absolute atomic E-state index is 11.8. The lowest BCUT2D eigenvalue weighted by Crippen LogP contribution is -2.33. The number of nitrogens with one attached hydrogen (secondary N) is 1. The molecule has 0 radical (unpaired) electrons. The van der Waals surface area contributed by atoms with Gasteiger partial charge in [0.15, 0.2) is 0 Å². The maximum Gasteiger partial charge on any atom is 0.223 e. The van der Waals surface area contributed by atoms with E-state index in [9.17, 15) is 9.90 Å². The zero-order chi connectivity index (χ0) is 11.8. The molecule has 2 aliphatic rings. The molecule has 0 spiro atoms. The molecule has 1 atom stereocenters. The molecule has 2 fully saturated rings. The zero-order valence-corrected chi connectivity index (χ0v) is 10.3. The van der Waals surface area contributed by atoms with Crippen LogP contribution in [0.5, 0.6) is 0 Å². The van der Waals surface area contributed by atoms with Crippen molar-refractivity contribution in [3.8, 4) is 0 Å². The number of amides is 1. The molecule has 3 nitrogen and oxygen atoms in total. The number of aliphatic hydroxyl groups is 1. The summed E-state index contributed by atoms with van der Waals surface area (Å²) in [6.07, 6.45) is 4.83. The SMILES string of the molecule is CC1(C)CC1C(=O)NCC1CCC(O)CC1. The van der Waals surface area contributed by atoms with Gasteiger partial charge in [0, 0.05) is 12.5 Å². The Morgan fingerprint density at radius 1 is 1.31 bits per heavy atom. The highest BCUT2D eigenvalue weighted by atomic mass is 16.3. The van der Waals surface area contributed by atoms with Gasteiger partial charge >= 0.3 is 0 Å². The molecule has 0 heterocycles. The van der Waals surface area contributed by atoms with E-state index in [1.807, 2.05) is 0 Å². The molecule has 0 aromatic carbocycles. The Morgan fingerprint density at radius 3 is 2.38 bits per heavy atom. The van der Waals surface area contributed by atoms with E-state index in [0.717, 1.165) is 38.6 Å². The van der Waals surface area contributed by atoms with Crippen LogP contribution < -0.4 is 5.32 Å². The predicted octanol–water partition coefficient (Wildman–Crippen LogP) is 1.70. The first-order chi connectivity index (χ1) is 7.49. The first-order valence-corrected chi connectivity index (χ1v) is 6.45. The summed E-state index contributed by atoms with van der Waals surface area (Å²) in [5, 5.41) is 12.4. The summed E-state index contributed by atoms with van der Waals surface area (Å²) in [5.74, 6) is 1.05. The Morgan fingerprint density at radius 2 is 1.88 bits per heavy atom. The van der Waals surface area contributed by atoms with E-state index in [0.29, 0.717) is 5.92 Å². The van der Waals surface area contributed by atoms with Gasteiger partial charge < -0.3 is 10.4 Å². The Hall–Kier alpha value is -0.570. The molecule has 92 valence electrons. The Bertz CT molecular complexity index is 267. The second-order valence-electron chi connectivity index (χ2n) is 6.16. The molecule has 0 aliphatic heterocycles. The average molecular weight is 225 g/mol. The topological polar surface area (TPSA) is 49.3 Å². The van der Waals surface area contributed by atoms with Crippen molar-refractivity contribution < 1.29 is 9.90 Å². The van der Waals surface area contributed by atoms with Gasteiger partial charge in [-0.15, -0.1) is 0 Å². The van der Waals surface area contributed by atoms with Crippen LogP contribution in [-0.2, 0) is 4.79 Å². The monoisotopic (exact) mass is 225 g/mol. The molecule has 0 aromatic rings. The van der Waals surface area contributed by atoms with Crippen LogP contribution >= 0.6 is 0 Å². The second kappa shape index (κ2) is 4.36. The van der Waals surface area contributed by atoms with Crippen LogP contribution in [0, 0.1) is 17.3 Å². The lowest BCUT2D eigenvalue weighted by atomic mass is 9.87. The minimum Gasteiger partial charge on any atom is -0.393 e. The molecule has 16 heavy (non-hydrogen) atoms. The molecule has 2 aliphatic carbocycles. The maximum atomic E-state index is 11.8. The van der Waals surface area contributed by atoms with Crippen molar-refractivity contribution in [2.45, 2.75) is 52.1 Å². The van der Waals surface area contributed by atoms with Crippen LogP contribution in [0.3, 0.4) is 0 Å². The molecule has 1 amide bonds. The Balaban J connectivity index is 1.66. The summed E-state index contributed by atoms with van der Waals surface area (Å²) in [7, 11) is 0. The second-order valence-corrected chi connectivity index (χ2v) is 6.16. The van der Waals surface area contributed by atoms with E-state index in [-0.39, 0.29) is 23.3 Å². The van der Waals surface area contributed by atoms with Crippen molar-refractivity contribution in [1.82, 2.24) is 5.32 Å². The molecular formula is C13H23NO2. The van der Waals surface area contributed by atoms with Crippen molar-refractivity contribution in [1.29, 1.82) is 0 Å². The van der Waals surface area contributed by atoms with Crippen LogP contribution in [0.15, 0.2) is 0 Å². The first kappa shape index (κ1) is 11.9. The highest BCUT2D eigenvalue weighted by Crippen LogP contribution is 2.51. The fraction of sp³-hybridized carbons (Fsp3) is 0.923. The molecule has 3 heteroatoms. The first-order valence-electron chi connectivity index (χ1n) is 6.45. The predicted molar refractivity (Wildman–Crippen MR) is 62.9 cm³/mol.